The first-order chi connectivity index (χ1) is 26.3. The van der Waals surface area contributed by atoms with Crippen LogP contribution in [0.25, 0.3) is 0 Å². The second-order valence-electron chi connectivity index (χ2n) is 15.9. The van der Waals surface area contributed by atoms with Crippen LogP contribution in [0.1, 0.15) is 200 Å². The lowest BCUT2D eigenvalue weighted by molar-refractivity contribution is -0.302. The molecule has 1 amide bonds. The number of nitrogens with one attached hydrogen (secondary N) is 1. The molecule has 0 bridgehead atoms. The van der Waals surface area contributed by atoms with Crippen LogP contribution in [0.15, 0.2) is 24.3 Å². The van der Waals surface area contributed by atoms with Gasteiger partial charge in [-0.15, -0.1) is 0 Å². The maximum atomic E-state index is 12.9. The van der Waals surface area contributed by atoms with Crippen molar-refractivity contribution in [2.45, 2.75) is 243 Å². The number of hydrogen-bond acceptors (Lipinski definition) is 8. The summed E-state index contributed by atoms with van der Waals surface area (Å²) < 4.78 is 11.2. The Morgan fingerprint density at radius 2 is 1.07 bits per heavy atom. The molecule has 0 aliphatic carbocycles. The third-order valence-electron chi connectivity index (χ3n) is 10.8. The molecule has 9 nitrogen and oxygen atoms in total. The molecule has 54 heavy (non-hydrogen) atoms. The van der Waals surface area contributed by atoms with Crippen LogP contribution in [-0.4, -0.2) is 87.5 Å². The van der Waals surface area contributed by atoms with Crippen LogP contribution in [0, 0.1) is 0 Å². The van der Waals surface area contributed by atoms with E-state index in [1.165, 1.54) is 148 Å². The van der Waals surface area contributed by atoms with Crippen LogP contribution < -0.4 is 5.32 Å². The van der Waals surface area contributed by atoms with Gasteiger partial charge >= 0.3 is 0 Å². The first-order valence-corrected chi connectivity index (χ1v) is 22.6. The Bertz CT molecular complexity index is 899. The van der Waals surface area contributed by atoms with E-state index in [0.717, 1.165) is 32.1 Å². The molecule has 7 atom stereocenters. The number of hydrogen-bond donors (Lipinski definition) is 6. The minimum atomic E-state index is -1.57. The van der Waals surface area contributed by atoms with E-state index in [1.54, 1.807) is 12.2 Å². The summed E-state index contributed by atoms with van der Waals surface area (Å²) in [5.74, 6) is -0.193. The molecule has 9 heteroatoms. The molecule has 0 aromatic heterocycles. The largest absolute Gasteiger partial charge is 0.394 e. The summed E-state index contributed by atoms with van der Waals surface area (Å²) in [5, 5.41) is 54.0. The first-order valence-electron chi connectivity index (χ1n) is 22.6. The van der Waals surface area contributed by atoms with Gasteiger partial charge in [-0.1, -0.05) is 199 Å². The monoisotopic (exact) mass is 768 g/mol. The van der Waals surface area contributed by atoms with E-state index < -0.39 is 49.5 Å². The van der Waals surface area contributed by atoms with Gasteiger partial charge in [0, 0.05) is 6.42 Å². The molecule has 0 saturated carbocycles. The molecule has 0 aromatic carbocycles. The summed E-state index contributed by atoms with van der Waals surface area (Å²) in [5.41, 5.74) is 0. The van der Waals surface area contributed by atoms with Crippen LogP contribution in [0.5, 0.6) is 0 Å². The van der Waals surface area contributed by atoms with E-state index in [1.807, 2.05) is 6.08 Å². The highest BCUT2D eigenvalue weighted by Crippen LogP contribution is 2.22. The minimum Gasteiger partial charge on any atom is -0.394 e. The summed E-state index contributed by atoms with van der Waals surface area (Å²) in [7, 11) is 0. The summed E-state index contributed by atoms with van der Waals surface area (Å²) in [6.07, 6.45) is 35.2. The van der Waals surface area contributed by atoms with Crippen molar-refractivity contribution < 1.29 is 39.8 Å². The molecule has 6 N–H and O–H groups in total. The van der Waals surface area contributed by atoms with Gasteiger partial charge in [-0.05, 0) is 19.3 Å². The van der Waals surface area contributed by atoms with E-state index in [0.29, 0.717) is 6.42 Å². The molecule has 1 fully saturated rings. The van der Waals surface area contributed by atoms with E-state index in [2.05, 4.69) is 25.2 Å². The lowest BCUT2D eigenvalue weighted by Crippen LogP contribution is -2.60. The lowest BCUT2D eigenvalue weighted by atomic mass is 9.99. The zero-order valence-electron chi connectivity index (χ0n) is 34.7. The number of rotatable bonds is 37. The quantitative estimate of drug-likeness (QED) is 0.0271. The standard InChI is InChI=1S/C45H85NO8/c1-3-5-7-9-11-13-15-16-17-18-19-20-21-22-23-25-27-29-31-33-35-41(49)46-38(37-53-45-44(52)43(51)42(50)40(36-47)54-45)39(48)34-32-30-28-26-24-14-12-10-8-6-4-2/h28,30,32,34,38-40,42-45,47-48,50-52H,3-27,29,31,33,35-37H2,1-2H3,(H,46,49)/b30-28+,34-32+/t38-,39+,40-,42-,43?,44?,45-/m0/s1. The Morgan fingerprint density at radius 1 is 0.630 bits per heavy atom. The Morgan fingerprint density at radius 3 is 1.54 bits per heavy atom. The van der Waals surface area contributed by atoms with Gasteiger partial charge in [0.15, 0.2) is 6.29 Å². The highest BCUT2D eigenvalue weighted by atomic mass is 16.7. The van der Waals surface area contributed by atoms with Crippen molar-refractivity contribution in [3.05, 3.63) is 24.3 Å². The maximum Gasteiger partial charge on any atom is 0.220 e. The molecule has 0 radical (unpaired) electrons. The molecule has 1 rings (SSSR count). The van der Waals surface area contributed by atoms with E-state index in [9.17, 15) is 30.3 Å². The highest BCUT2D eigenvalue weighted by Gasteiger charge is 2.44. The summed E-state index contributed by atoms with van der Waals surface area (Å²) in [6, 6.07) is -0.831. The van der Waals surface area contributed by atoms with E-state index >= 15 is 0 Å². The maximum absolute atomic E-state index is 12.9. The van der Waals surface area contributed by atoms with Crippen molar-refractivity contribution in [2.24, 2.45) is 0 Å². The van der Waals surface area contributed by atoms with Crippen LogP contribution in [0.2, 0.25) is 0 Å². The van der Waals surface area contributed by atoms with Crippen molar-refractivity contribution >= 4 is 5.91 Å². The SMILES string of the molecule is CCCCCCCCC/C=C/C=C/[C@@H](O)[C@H](CO[C@H]1O[C@@H](CO)[C@H](O)C(O)C1O)NC(=O)CCCCCCCCCCCCCCCCCCCCCC. The highest BCUT2D eigenvalue weighted by molar-refractivity contribution is 5.76. The molecular formula is C45H85NO8. The molecule has 318 valence electrons. The third kappa shape index (κ3) is 26.5. The average molecular weight is 768 g/mol. The average Bonchev–Trinajstić information content (AvgIpc) is 3.17. The van der Waals surface area contributed by atoms with Gasteiger partial charge in [0.25, 0.3) is 0 Å². The predicted molar refractivity (Wildman–Crippen MR) is 221 cm³/mol. The predicted octanol–water partition coefficient (Wildman–Crippen LogP) is 9.11. The number of carbonyl (C=O) groups excluding carboxylic acids is 1. The van der Waals surface area contributed by atoms with Crippen molar-refractivity contribution in [3.8, 4) is 0 Å². The van der Waals surface area contributed by atoms with Gasteiger partial charge in [0.1, 0.15) is 24.4 Å². The zero-order valence-corrected chi connectivity index (χ0v) is 34.7. The number of allylic oxidation sites excluding steroid dienone is 3. The van der Waals surface area contributed by atoms with Gasteiger partial charge < -0.3 is 40.3 Å². The molecule has 2 unspecified atom stereocenters. The molecule has 1 aliphatic rings. The Hall–Kier alpha value is -1.33. The molecule has 1 aliphatic heterocycles. The van der Waals surface area contributed by atoms with Crippen LogP contribution in [0.3, 0.4) is 0 Å². The fourth-order valence-corrected chi connectivity index (χ4v) is 7.16. The number of unbranched alkanes of at least 4 members (excludes halogenated alkanes) is 26. The second kappa shape index (κ2) is 36.0. The lowest BCUT2D eigenvalue weighted by Gasteiger charge is -2.40. The zero-order chi connectivity index (χ0) is 39.5. The van der Waals surface area contributed by atoms with E-state index in [4.69, 9.17) is 9.47 Å². The number of carbonyl (C=O) groups is 1. The summed E-state index contributed by atoms with van der Waals surface area (Å²) >= 11 is 0. The summed E-state index contributed by atoms with van der Waals surface area (Å²) in [6.45, 7) is 3.72. The second-order valence-corrected chi connectivity index (χ2v) is 15.9. The number of ether oxygens (including phenoxy) is 2. The first kappa shape index (κ1) is 50.7. The van der Waals surface area contributed by atoms with Crippen molar-refractivity contribution in [3.63, 3.8) is 0 Å². The minimum absolute atomic E-state index is 0.193. The normalized spacial score (nSPS) is 21.6. The van der Waals surface area contributed by atoms with Gasteiger partial charge in [-0.3, -0.25) is 4.79 Å². The molecule has 0 aromatic rings. The fourth-order valence-electron chi connectivity index (χ4n) is 7.16. The molecular weight excluding hydrogens is 682 g/mol. The van der Waals surface area contributed by atoms with Crippen LogP contribution in [0.4, 0.5) is 0 Å². The van der Waals surface area contributed by atoms with Crippen molar-refractivity contribution in [1.29, 1.82) is 0 Å². The molecule has 1 saturated heterocycles. The molecule has 1 heterocycles. The van der Waals surface area contributed by atoms with Gasteiger partial charge in [0.05, 0.1) is 25.4 Å². The van der Waals surface area contributed by atoms with Crippen LogP contribution >= 0.6 is 0 Å². The topological polar surface area (TPSA) is 149 Å². The Kier molecular flexibility index (Phi) is 33.8. The van der Waals surface area contributed by atoms with Crippen LogP contribution in [-0.2, 0) is 14.3 Å². The van der Waals surface area contributed by atoms with Gasteiger partial charge in [-0.25, -0.2) is 0 Å². The van der Waals surface area contributed by atoms with Gasteiger partial charge in [-0.2, -0.15) is 0 Å². The van der Waals surface area contributed by atoms with Crippen molar-refractivity contribution in [2.75, 3.05) is 13.2 Å². The van der Waals surface area contributed by atoms with E-state index in [-0.39, 0.29) is 12.5 Å². The third-order valence-corrected chi connectivity index (χ3v) is 10.8. The van der Waals surface area contributed by atoms with Gasteiger partial charge in [0.2, 0.25) is 5.91 Å². The smallest absolute Gasteiger partial charge is 0.220 e. The number of amides is 1. The molecule has 0 spiro atoms. The summed E-state index contributed by atoms with van der Waals surface area (Å²) in [4.78, 5) is 12.9. The Labute approximate surface area is 330 Å². The van der Waals surface area contributed by atoms with Crippen molar-refractivity contribution in [1.82, 2.24) is 5.32 Å². The number of aliphatic hydroxyl groups is 5. The Balaban J connectivity index is 2.32. The fraction of sp³-hybridized carbons (Fsp3) is 0.889. The number of aliphatic hydroxyl groups excluding tert-OH is 5.